The van der Waals surface area contributed by atoms with Gasteiger partial charge in [-0.1, -0.05) is 12.1 Å². The monoisotopic (exact) mass is 381 g/mol. The number of hydrogen-bond acceptors (Lipinski definition) is 5. The van der Waals surface area contributed by atoms with Crippen molar-refractivity contribution in [1.29, 1.82) is 0 Å². The highest BCUT2D eigenvalue weighted by molar-refractivity contribution is 7.17. The minimum atomic E-state index is -0.491. The summed E-state index contributed by atoms with van der Waals surface area (Å²) in [4.78, 5) is 25.1. The molecule has 0 bridgehead atoms. The Morgan fingerprint density at radius 1 is 1.24 bits per heavy atom. The van der Waals surface area contributed by atoms with Gasteiger partial charge in [0.05, 0.1) is 13.7 Å². The fraction of sp³-hybridized carbons (Fsp3) is 0.333. The quantitative estimate of drug-likeness (QED) is 0.567. The largest absolute Gasteiger partial charge is 0.494 e. The third kappa shape index (κ3) is 4.52. The van der Waals surface area contributed by atoms with Gasteiger partial charge in [-0.15, -0.1) is 22.9 Å². The molecule has 0 atom stereocenters. The van der Waals surface area contributed by atoms with Gasteiger partial charge in [0.25, 0.3) is 0 Å². The number of carbonyl (C=O) groups is 2. The number of esters is 1. The van der Waals surface area contributed by atoms with Crippen LogP contribution in [0.1, 0.15) is 28.6 Å². The molecule has 2 rings (SSSR count). The molecule has 1 aromatic heterocycles. The van der Waals surface area contributed by atoms with Crippen LogP contribution in [0.3, 0.4) is 0 Å². The number of amides is 1. The van der Waals surface area contributed by atoms with E-state index in [1.165, 1.54) is 18.4 Å². The van der Waals surface area contributed by atoms with Crippen molar-refractivity contribution in [3.8, 4) is 16.9 Å². The number of carbonyl (C=O) groups excluding carboxylic acids is 2. The van der Waals surface area contributed by atoms with Gasteiger partial charge < -0.3 is 14.8 Å². The molecule has 1 aromatic carbocycles. The summed E-state index contributed by atoms with van der Waals surface area (Å²) < 4.78 is 10.4. The third-order valence-electron chi connectivity index (χ3n) is 3.50. The van der Waals surface area contributed by atoms with Gasteiger partial charge in [0.2, 0.25) is 5.91 Å². The maximum atomic E-state index is 12.3. The first kappa shape index (κ1) is 19.3. The number of methoxy groups -OCH3 is 1. The highest BCUT2D eigenvalue weighted by Crippen LogP contribution is 2.40. The van der Waals surface area contributed by atoms with E-state index in [9.17, 15) is 9.59 Å². The van der Waals surface area contributed by atoms with Crippen LogP contribution in [0.2, 0.25) is 0 Å². The Balaban J connectivity index is 2.47. The molecular weight excluding hydrogens is 362 g/mol. The van der Waals surface area contributed by atoms with Crippen LogP contribution in [-0.4, -0.2) is 31.5 Å². The van der Waals surface area contributed by atoms with Gasteiger partial charge in [-0.25, -0.2) is 4.79 Å². The molecule has 0 saturated carbocycles. The van der Waals surface area contributed by atoms with E-state index >= 15 is 0 Å². The number of hydrogen-bond donors (Lipinski definition) is 1. The van der Waals surface area contributed by atoms with Crippen molar-refractivity contribution in [3.05, 3.63) is 34.7 Å². The molecule has 0 radical (unpaired) electrons. The lowest BCUT2D eigenvalue weighted by atomic mass is 10.0. The molecule has 1 amide bonds. The second-order valence-corrected chi connectivity index (χ2v) is 6.78. The Kier molecular flexibility index (Phi) is 6.84. The van der Waals surface area contributed by atoms with Crippen LogP contribution in [0.5, 0.6) is 5.75 Å². The predicted octanol–water partition coefficient (Wildman–Crippen LogP) is 4.48. The number of aryl methyl sites for hydroxylation is 1. The fourth-order valence-electron chi connectivity index (χ4n) is 2.44. The fourth-order valence-corrected chi connectivity index (χ4v) is 3.69. The average Bonchev–Trinajstić information content (AvgIpc) is 2.91. The highest BCUT2D eigenvalue weighted by atomic mass is 35.5. The first-order valence-electron chi connectivity index (χ1n) is 7.82. The number of ether oxygens (including phenoxy) is 2. The summed E-state index contributed by atoms with van der Waals surface area (Å²) >= 11 is 6.95. The minimum Gasteiger partial charge on any atom is -0.494 e. The number of halogens is 1. The number of rotatable bonds is 7. The molecule has 25 heavy (non-hydrogen) atoms. The molecule has 1 N–H and O–H groups in total. The summed E-state index contributed by atoms with van der Waals surface area (Å²) in [5.41, 5.74) is 1.97. The van der Waals surface area contributed by atoms with E-state index in [-0.39, 0.29) is 18.2 Å². The molecule has 0 aliphatic heterocycles. The van der Waals surface area contributed by atoms with E-state index in [2.05, 4.69) is 5.32 Å². The van der Waals surface area contributed by atoms with Crippen molar-refractivity contribution in [2.45, 2.75) is 20.3 Å². The summed E-state index contributed by atoms with van der Waals surface area (Å²) in [6.45, 7) is 4.41. The number of alkyl halides is 1. The predicted molar refractivity (Wildman–Crippen MR) is 101 cm³/mol. The van der Waals surface area contributed by atoms with Crippen LogP contribution in [-0.2, 0) is 9.53 Å². The lowest BCUT2D eigenvalue weighted by molar-refractivity contribution is -0.115. The Morgan fingerprint density at radius 3 is 2.48 bits per heavy atom. The maximum absolute atomic E-state index is 12.3. The van der Waals surface area contributed by atoms with E-state index in [0.717, 1.165) is 21.8 Å². The molecule has 134 valence electrons. The van der Waals surface area contributed by atoms with E-state index < -0.39 is 5.97 Å². The number of nitrogens with one attached hydrogen (secondary N) is 1. The van der Waals surface area contributed by atoms with Gasteiger partial charge in [0, 0.05) is 22.7 Å². The van der Waals surface area contributed by atoms with Crippen LogP contribution in [0.15, 0.2) is 24.3 Å². The summed E-state index contributed by atoms with van der Waals surface area (Å²) in [7, 11) is 1.32. The standard InChI is InChI=1S/C18H20ClNO4S/c1-4-24-13-7-5-12(6-8-13)15-11(2)25-17(16(15)18(22)23-3)20-14(21)9-10-19/h5-8H,4,9-10H2,1-3H3,(H,20,21). The van der Waals surface area contributed by atoms with Crippen molar-refractivity contribution in [3.63, 3.8) is 0 Å². The van der Waals surface area contributed by atoms with Gasteiger partial charge in [0.15, 0.2) is 0 Å². The number of benzene rings is 1. The highest BCUT2D eigenvalue weighted by Gasteiger charge is 2.25. The Hall–Kier alpha value is -2.05. The first-order valence-corrected chi connectivity index (χ1v) is 9.17. The summed E-state index contributed by atoms with van der Waals surface area (Å²) in [5.74, 6) is 0.249. The molecule has 0 unspecified atom stereocenters. The van der Waals surface area contributed by atoms with Crippen molar-refractivity contribution >= 4 is 39.8 Å². The molecular formula is C18H20ClNO4S. The van der Waals surface area contributed by atoms with Crippen molar-refractivity contribution < 1.29 is 19.1 Å². The molecule has 5 nitrogen and oxygen atoms in total. The van der Waals surface area contributed by atoms with Crippen molar-refractivity contribution in [2.75, 3.05) is 24.9 Å². The lowest BCUT2D eigenvalue weighted by Crippen LogP contribution is -2.14. The SMILES string of the molecule is CCOc1ccc(-c2c(C)sc(NC(=O)CCCl)c2C(=O)OC)cc1. The minimum absolute atomic E-state index is 0.178. The van der Waals surface area contributed by atoms with Crippen LogP contribution in [0.25, 0.3) is 11.1 Å². The second kappa shape index (κ2) is 8.87. The zero-order valence-electron chi connectivity index (χ0n) is 14.3. The van der Waals surface area contributed by atoms with E-state index in [1.807, 2.05) is 38.1 Å². The molecule has 1 heterocycles. The molecule has 0 aliphatic rings. The second-order valence-electron chi connectivity index (χ2n) is 5.17. The average molecular weight is 382 g/mol. The molecule has 2 aromatic rings. The van der Waals surface area contributed by atoms with Crippen LogP contribution in [0, 0.1) is 6.92 Å². The van der Waals surface area contributed by atoms with Gasteiger partial charge >= 0.3 is 5.97 Å². The topological polar surface area (TPSA) is 64.6 Å². The Labute approximate surface area is 155 Å². The number of thiophene rings is 1. The molecule has 0 fully saturated rings. The molecule has 0 aliphatic carbocycles. The Morgan fingerprint density at radius 2 is 1.92 bits per heavy atom. The molecule has 0 saturated heterocycles. The summed E-state index contributed by atoms with van der Waals surface area (Å²) in [6, 6.07) is 7.47. The zero-order valence-corrected chi connectivity index (χ0v) is 15.9. The van der Waals surface area contributed by atoms with Crippen LogP contribution in [0.4, 0.5) is 5.00 Å². The van der Waals surface area contributed by atoms with Crippen LogP contribution >= 0.6 is 22.9 Å². The van der Waals surface area contributed by atoms with Crippen molar-refractivity contribution in [1.82, 2.24) is 0 Å². The van der Waals surface area contributed by atoms with Crippen molar-refractivity contribution in [2.24, 2.45) is 0 Å². The third-order valence-corrected chi connectivity index (χ3v) is 4.71. The van der Waals surface area contributed by atoms with Gasteiger partial charge in [-0.3, -0.25) is 4.79 Å². The van der Waals surface area contributed by atoms with Gasteiger partial charge in [-0.05, 0) is 31.5 Å². The smallest absolute Gasteiger partial charge is 0.341 e. The van der Waals surface area contributed by atoms with Gasteiger partial charge in [0.1, 0.15) is 16.3 Å². The van der Waals surface area contributed by atoms with E-state index in [4.69, 9.17) is 21.1 Å². The molecule has 7 heteroatoms. The maximum Gasteiger partial charge on any atom is 0.341 e. The molecule has 0 spiro atoms. The van der Waals surface area contributed by atoms with E-state index in [0.29, 0.717) is 17.2 Å². The van der Waals surface area contributed by atoms with Crippen LogP contribution < -0.4 is 10.1 Å². The van der Waals surface area contributed by atoms with Gasteiger partial charge in [-0.2, -0.15) is 0 Å². The van der Waals surface area contributed by atoms with E-state index in [1.54, 1.807) is 0 Å². The summed E-state index contributed by atoms with van der Waals surface area (Å²) in [5, 5.41) is 3.23. The summed E-state index contributed by atoms with van der Waals surface area (Å²) in [6.07, 6.45) is 0.178. The number of anilines is 1. The zero-order chi connectivity index (χ0) is 18.4. The normalized spacial score (nSPS) is 10.4. The first-order chi connectivity index (χ1) is 12.0. The lowest BCUT2D eigenvalue weighted by Gasteiger charge is -2.09. The Bertz CT molecular complexity index is 755.